The third-order valence-corrected chi connectivity index (χ3v) is 3.89. The quantitative estimate of drug-likeness (QED) is 0.839. The summed E-state index contributed by atoms with van der Waals surface area (Å²) in [5, 5.41) is 8.71. The van der Waals surface area contributed by atoms with Gasteiger partial charge in [0.1, 0.15) is 0 Å². The highest BCUT2D eigenvalue weighted by Gasteiger charge is 2.10. The average molecular weight is 336 g/mol. The highest BCUT2D eigenvalue weighted by atomic mass is 127. The summed E-state index contributed by atoms with van der Waals surface area (Å²) in [4.78, 5) is 10.6. The summed E-state index contributed by atoms with van der Waals surface area (Å²) < 4.78 is 1.22. The second kappa shape index (κ2) is 6.37. The predicted octanol–water partition coefficient (Wildman–Crippen LogP) is 3.25. The van der Waals surface area contributed by atoms with Crippen LogP contribution < -0.4 is 0 Å². The number of halogens is 1. The van der Waals surface area contributed by atoms with Gasteiger partial charge >= 0.3 is 5.97 Å². The van der Waals surface area contributed by atoms with Crippen LogP contribution in [0.3, 0.4) is 0 Å². The van der Waals surface area contributed by atoms with Gasteiger partial charge in [0.2, 0.25) is 0 Å². The highest BCUT2D eigenvalue weighted by Crippen LogP contribution is 2.17. The van der Waals surface area contributed by atoms with Crippen molar-refractivity contribution in [3.8, 4) is 0 Å². The van der Waals surface area contributed by atoms with Gasteiger partial charge in [0, 0.05) is 15.1 Å². The molecule has 15 heavy (non-hydrogen) atoms. The third-order valence-electron chi connectivity index (χ3n) is 1.95. The number of thioether (sulfide) groups is 1. The number of carbonyl (C=O) groups is 1. The van der Waals surface area contributed by atoms with Gasteiger partial charge in [-0.05, 0) is 40.3 Å². The molecule has 1 atom stereocenters. The topological polar surface area (TPSA) is 37.3 Å². The van der Waals surface area contributed by atoms with Gasteiger partial charge in [-0.25, -0.2) is 0 Å². The van der Waals surface area contributed by atoms with Crippen molar-refractivity contribution in [3.05, 3.63) is 33.4 Å². The first kappa shape index (κ1) is 12.8. The normalized spacial score (nSPS) is 12.4. The molecule has 0 spiro atoms. The summed E-state index contributed by atoms with van der Waals surface area (Å²) in [6, 6.07) is 8.27. The van der Waals surface area contributed by atoms with E-state index < -0.39 is 5.97 Å². The molecule has 0 saturated carbocycles. The Morgan fingerprint density at radius 2 is 2.33 bits per heavy atom. The van der Waals surface area contributed by atoms with Crippen LogP contribution in [-0.2, 0) is 10.5 Å². The molecule has 0 aliphatic carbocycles. The zero-order valence-electron chi connectivity index (χ0n) is 8.44. The molecule has 0 aliphatic heterocycles. The lowest BCUT2D eigenvalue weighted by atomic mass is 10.2. The molecule has 0 bridgehead atoms. The van der Waals surface area contributed by atoms with Gasteiger partial charge in [-0.2, -0.15) is 11.8 Å². The van der Waals surface area contributed by atoms with Crippen molar-refractivity contribution in [3.63, 3.8) is 0 Å². The zero-order chi connectivity index (χ0) is 11.3. The van der Waals surface area contributed by atoms with Gasteiger partial charge in [-0.15, -0.1) is 0 Å². The van der Waals surface area contributed by atoms with E-state index in [0.29, 0.717) is 5.75 Å². The van der Waals surface area contributed by atoms with E-state index in [0.717, 1.165) is 5.75 Å². The first-order valence-corrected chi connectivity index (χ1v) is 6.88. The summed E-state index contributed by atoms with van der Waals surface area (Å²) in [5.41, 5.74) is 1.25. The Bertz CT molecular complexity index is 341. The Kier molecular flexibility index (Phi) is 5.45. The molecule has 0 heterocycles. The summed E-state index contributed by atoms with van der Waals surface area (Å²) in [7, 11) is 0. The van der Waals surface area contributed by atoms with Gasteiger partial charge in [0.25, 0.3) is 0 Å². The molecule has 0 aromatic heterocycles. The van der Waals surface area contributed by atoms with Crippen LogP contribution in [0.2, 0.25) is 0 Å². The summed E-state index contributed by atoms with van der Waals surface area (Å²) >= 11 is 3.95. The summed E-state index contributed by atoms with van der Waals surface area (Å²) in [5.74, 6) is 0.567. The monoisotopic (exact) mass is 336 g/mol. The minimum absolute atomic E-state index is 0.266. The largest absolute Gasteiger partial charge is 0.481 e. The van der Waals surface area contributed by atoms with E-state index in [1.807, 2.05) is 6.07 Å². The van der Waals surface area contributed by atoms with Gasteiger partial charge in [0.15, 0.2) is 0 Å². The number of benzene rings is 1. The van der Waals surface area contributed by atoms with Crippen molar-refractivity contribution in [2.24, 2.45) is 5.92 Å². The smallest absolute Gasteiger partial charge is 0.307 e. The van der Waals surface area contributed by atoms with Crippen molar-refractivity contribution in [1.29, 1.82) is 0 Å². The number of aliphatic carboxylic acids is 1. The van der Waals surface area contributed by atoms with Crippen molar-refractivity contribution in [2.75, 3.05) is 5.75 Å². The molecule has 0 fully saturated rings. The standard InChI is InChI=1S/C11H13IO2S/c1-8(11(13)14)6-15-7-9-3-2-4-10(12)5-9/h2-5,8H,6-7H2,1H3,(H,13,14)/t8-/m1/s1. The lowest BCUT2D eigenvalue weighted by molar-refractivity contribution is -0.140. The number of carboxylic acids is 1. The molecule has 2 nitrogen and oxygen atoms in total. The molecule has 1 aromatic rings. The Labute approximate surface area is 108 Å². The van der Waals surface area contributed by atoms with E-state index in [1.54, 1.807) is 18.7 Å². The summed E-state index contributed by atoms with van der Waals surface area (Å²) in [6.07, 6.45) is 0. The van der Waals surface area contributed by atoms with Gasteiger partial charge in [0.05, 0.1) is 5.92 Å². The fourth-order valence-electron chi connectivity index (χ4n) is 1.05. The second-order valence-corrected chi connectivity index (χ2v) is 5.66. The van der Waals surface area contributed by atoms with Crippen LogP contribution in [0.25, 0.3) is 0 Å². The van der Waals surface area contributed by atoms with Crippen LogP contribution >= 0.6 is 34.4 Å². The number of hydrogen-bond acceptors (Lipinski definition) is 2. The van der Waals surface area contributed by atoms with Crippen molar-refractivity contribution < 1.29 is 9.90 Å². The molecule has 0 saturated heterocycles. The third kappa shape index (κ3) is 4.88. The lowest BCUT2D eigenvalue weighted by Gasteiger charge is -2.05. The van der Waals surface area contributed by atoms with Gasteiger partial charge in [-0.1, -0.05) is 19.1 Å². The van der Waals surface area contributed by atoms with Crippen LogP contribution in [0.4, 0.5) is 0 Å². The molecule has 1 aromatic carbocycles. The predicted molar refractivity (Wildman–Crippen MR) is 72.1 cm³/mol. The zero-order valence-corrected chi connectivity index (χ0v) is 11.4. The highest BCUT2D eigenvalue weighted by molar-refractivity contribution is 14.1. The molecule has 0 aliphatic rings. The van der Waals surface area contributed by atoms with E-state index >= 15 is 0 Å². The molecule has 1 N–H and O–H groups in total. The SMILES string of the molecule is C[C@H](CSCc1cccc(I)c1)C(=O)O. The fourth-order valence-corrected chi connectivity index (χ4v) is 2.69. The maximum absolute atomic E-state index is 10.6. The van der Waals surface area contributed by atoms with Crippen LogP contribution in [0.5, 0.6) is 0 Å². The number of carboxylic acid groups (broad SMARTS) is 1. The van der Waals surface area contributed by atoms with Gasteiger partial charge in [-0.3, -0.25) is 4.79 Å². The lowest BCUT2D eigenvalue weighted by Crippen LogP contribution is -2.11. The minimum atomic E-state index is -0.717. The Hall–Kier alpha value is -0.230. The maximum atomic E-state index is 10.6. The summed E-state index contributed by atoms with van der Waals surface area (Å²) in [6.45, 7) is 1.74. The first-order valence-electron chi connectivity index (χ1n) is 4.64. The van der Waals surface area contributed by atoms with Crippen molar-refractivity contribution in [1.82, 2.24) is 0 Å². The molecule has 0 unspecified atom stereocenters. The van der Waals surface area contributed by atoms with E-state index in [1.165, 1.54) is 9.13 Å². The Balaban J connectivity index is 2.35. The van der Waals surface area contributed by atoms with E-state index in [2.05, 4.69) is 40.8 Å². The number of hydrogen-bond donors (Lipinski definition) is 1. The number of rotatable bonds is 5. The maximum Gasteiger partial charge on any atom is 0.307 e. The molecular weight excluding hydrogens is 323 g/mol. The molecule has 4 heteroatoms. The van der Waals surface area contributed by atoms with Crippen LogP contribution in [0.15, 0.2) is 24.3 Å². The minimum Gasteiger partial charge on any atom is -0.481 e. The van der Waals surface area contributed by atoms with Crippen LogP contribution in [0, 0.1) is 9.49 Å². The van der Waals surface area contributed by atoms with Gasteiger partial charge < -0.3 is 5.11 Å². The van der Waals surface area contributed by atoms with E-state index in [9.17, 15) is 4.79 Å². The molecule has 82 valence electrons. The molecule has 0 amide bonds. The van der Waals surface area contributed by atoms with Crippen molar-refractivity contribution in [2.45, 2.75) is 12.7 Å². The van der Waals surface area contributed by atoms with E-state index in [4.69, 9.17) is 5.11 Å². The molecule has 1 rings (SSSR count). The van der Waals surface area contributed by atoms with Crippen LogP contribution in [0.1, 0.15) is 12.5 Å². The Morgan fingerprint density at radius 1 is 1.60 bits per heavy atom. The van der Waals surface area contributed by atoms with Crippen LogP contribution in [-0.4, -0.2) is 16.8 Å². The average Bonchev–Trinajstić information content (AvgIpc) is 2.17. The first-order chi connectivity index (χ1) is 7.09. The second-order valence-electron chi connectivity index (χ2n) is 3.38. The van der Waals surface area contributed by atoms with Crippen molar-refractivity contribution >= 4 is 40.3 Å². The Morgan fingerprint density at radius 3 is 2.93 bits per heavy atom. The fraction of sp³-hybridized carbons (Fsp3) is 0.364. The molecule has 0 radical (unpaired) electrons. The molecular formula is C11H13IO2S. The van der Waals surface area contributed by atoms with E-state index in [-0.39, 0.29) is 5.92 Å².